The Morgan fingerprint density at radius 3 is 2.78 bits per heavy atom. The number of amides is 1. The maximum atomic E-state index is 12.0. The molecule has 1 aromatic heterocycles. The molecule has 0 atom stereocenters. The van der Waals surface area contributed by atoms with E-state index in [4.69, 9.17) is 4.42 Å². The number of rotatable bonds is 4. The fourth-order valence-corrected chi connectivity index (χ4v) is 2.33. The molecule has 0 aromatic carbocycles. The maximum absolute atomic E-state index is 12.0. The van der Waals surface area contributed by atoms with Crippen molar-refractivity contribution >= 4 is 5.91 Å². The van der Waals surface area contributed by atoms with E-state index in [1.54, 1.807) is 0 Å². The van der Waals surface area contributed by atoms with E-state index < -0.39 is 0 Å². The smallest absolute Gasteiger partial charge is 0.273 e. The summed E-state index contributed by atoms with van der Waals surface area (Å²) < 4.78 is 5.21. The summed E-state index contributed by atoms with van der Waals surface area (Å²) in [7, 11) is 1.81. The van der Waals surface area contributed by atoms with E-state index in [-0.39, 0.29) is 5.91 Å². The normalized spacial score (nSPS) is 17.4. The lowest BCUT2D eigenvalue weighted by Crippen LogP contribution is -2.34. The first-order valence-corrected chi connectivity index (χ1v) is 6.69. The molecule has 1 heterocycles. The minimum atomic E-state index is -0.118. The van der Waals surface area contributed by atoms with E-state index in [1.807, 2.05) is 7.05 Å². The first-order chi connectivity index (χ1) is 8.79. The third-order valence-electron chi connectivity index (χ3n) is 3.30. The first kappa shape index (κ1) is 13.1. The predicted octanol–water partition coefficient (Wildman–Crippen LogP) is 1.85. The number of nitrogens with zero attached hydrogens (tertiary/aromatic N) is 1. The molecule has 0 bridgehead atoms. The lowest BCUT2D eigenvalue weighted by atomic mass is 10.1. The summed E-state index contributed by atoms with van der Waals surface area (Å²) in [5.74, 6) is 0.427. The van der Waals surface area contributed by atoms with Crippen molar-refractivity contribution in [3.05, 3.63) is 17.8 Å². The van der Waals surface area contributed by atoms with Gasteiger partial charge >= 0.3 is 0 Å². The van der Waals surface area contributed by atoms with Crippen LogP contribution in [0.4, 0.5) is 0 Å². The van der Waals surface area contributed by atoms with Crippen LogP contribution in [0.3, 0.4) is 0 Å². The highest BCUT2D eigenvalue weighted by atomic mass is 16.3. The van der Waals surface area contributed by atoms with E-state index in [9.17, 15) is 4.79 Å². The molecule has 0 spiro atoms. The Morgan fingerprint density at radius 2 is 2.11 bits per heavy atom. The standard InChI is InChI=1S/C13H21N3O2/c1-14-8-12-16-11(9-18-12)13(17)15-10-6-4-2-3-5-7-10/h9-10,14H,2-8H2,1H3,(H,15,17). The van der Waals surface area contributed by atoms with Crippen molar-refractivity contribution in [2.24, 2.45) is 0 Å². The zero-order valence-electron chi connectivity index (χ0n) is 10.9. The third-order valence-corrected chi connectivity index (χ3v) is 3.30. The number of hydrogen-bond donors (Lipinski definition) is 2. The quantitative estimate of drug-likeness (QED) is 0.801. The summed E-state index contributed by atoms with van der Waals surface area (Å²) in [6, 6.07) is 0.296. The Kier molecular flexibility index (Phi) is 4.75. The van der Waals surface area contributed by atoms with Crippen LogP contribution in [0.25, 0.3) is 0 Å². The molecule has 0 unspecified atom stereocenters. The van der Waals surface area contributed by atoms with Gasteiger partial charge in [0.15, 0.2) is 5.69 Å². The van der Waals surface area contributed by atoms with E-state index in [0.29, 0.717) is 24.2 Å². The fraction of sp³-hybridized carbons (Fsp3) is 0.692. The monoisotopic (exact) mass is 251 g/mol. The van der Waals surface area contributed by atoms with Gasteiger partial charge in [-0.3, -0.25) is 4.79 Å². The molecule has 1 aromatic rings. The highest BCUT2D eigenvalue weighted by Crippen LogP contribution is 2.17. The number of nitrogens with one attached hydrogen (secondary N) is 2. The Hall–Kier alpha value is -1.36. The van der Waals surface area contributed by atoms with Crippen LogP contribution in [0.15, 0.2) is 10.7 Å². The van der Waals surface area contributed by atoms with Gasteiger partial charge in [-0.05, 0) is 19.9 Å². The van der Waals surface area contributed by atoms with E-state index in [2.05, 4.69) is 15.6 Å². The first-order valence-electron chi connectivity index (χ1n) is 6.69. The number of aromatic nitrogens is 1. The van der Waals surface area contributed by atoms with Crippen molar-refractivity contribution in [1.29, 1.82) is 0 Å². The molecular formula is C13H21N3O2. The lowest BCUT2D eigenvalue weighted by Gasteiger charge is -2.14. The van der Waals surface area contributed by atoms with Gasteiger partial charge in [0.25, 0.3) is 5.91 Å². The topological polar surface area (TPSA) is 67.2 Å². The second kappa shape index (κ2) is 6.54. The molecule has 5 heteroatoms. The molecule has 5 nitrogen and oxygen atoms in total. The number of carbonyl (C=O) groups excluding carboxylic acids is 1. The largest absolute Gasteiger partial charge is 0.447 e. The fourth-order valence-electron chi connectivity index (χ4n) is 2.33. The van der Waals surface area contributed by atoms with E-state index in [1.165, 1.54) is 31.9 Å². The highest BCUT2D eigenvalue weighted by molar-refractivity contribution is 5.92. The van der Waals surface area contributed by atoms with Gasteiger partial charge in [0.2, 0.25) is 5.89 Å². The van der Waals surface area contributed by atoms with Crippen LogP contribution in [0.2, 0.25) is 0 Å². The molecular weight excluding hydrogens is 230 g/mol. The van der Waals surface area contributed by atoms with Gasteiger partial charge < -0.3 is 15.1 Å². The van der Waals surface area contributed by atoms with Crippen LogP contribution in [-0.2, 0) is 6.54 Å². The van der Waals surface area contributed by atoms with Crippen molar-refractivity contribution in [2.45, 2.75) is 51.1 Å². The summed E-state index contributed by atoms with van der Waals surface area (Å²) in [5.41, 5.74) is 0.379. The van der Waals surface area contributed by atoms with Crippen molar-refractivity contribution in [2.75, 3.05) is 7.05 Å². The SMILES string of the molecule is CNCc1nc(C(=O)NC2CCCCCC2)co1. The molecule has 0 aliphatic heterocycles. The zero-order chi connectivity index (χ0) is 12.8. The van der Waals surface area contributed by atoms with Crippen molar-refractivity contribution in [3.8, 4) is 0 Å². The van der Waals surface area contributed by atoms with Gasteiger partial charge in [-0.25, -0.2) is 4.98 Å². The summed E-state index contributed by atoms with van der Waals surface area (Å²) in [4.78, 5) is 16.1. The molecule has 1 saturated carbocycles. The van der Waals surface area contributed by atoms with Crippen LogP contribution in [-0.4, -0.2) is 24.0 Å². The average Bonchev–Trinajstić information content (AvgIpc) is 2.67. The Morgan fingerprint density at radius 1 is 1.39 bits per heavy atom. The van der Waals surface area contributed by atoms with Crippen LogP contribution < -0.4 is 10.6 Å². The second-order valence-corrected chi connectivity index (χ2v) is 4.82. The Labute approximate surface area is 107 Å². The van der Waals surface area contributed by atoms with Gasteiger partial charge in [-0.1, -0.05) is 25.7 Å². The Bertz CT molecular complexity index is 381. The lowest BCUT2D eigenvalue weighted by molar-refractivity contribution is 0.0928. The molecule has 1 amide bonds. The van der Waals surface area contributed by atoms with Crippen LogP contribution >= 0.6 is 0 Å². The van der Waals surface area contributed by atoms with Gasteiger partial charge in [0.05, 0.1) is 6.54 Å². The van der Waals surface area contributed by atoms with Crippen LogP contribution in [0.1, 0.15) is 54.9 Å². The molecule has 1 fully saturated rings. The van der Waals surface area contributed by atoms with Gasteiger partial charge in [0, 0.05) is 6.04 Å². The third kappa shape index (κ3) is 3.57. The van der Waals surface area contributed by atoms with Crippen LogP contribution in [0, 0.1) is 0 Å². The summed E-state index contributed by atoms with van der Waals surface area (Å²) in [6.45, 7) is 0.538. The minimum absolute atomic E-state index is 0.118. The van der Waals surface area contributed by atoms with Gasteiger partial charge in [-0.2, -0.15) is 0 Å². The molecule has 1 aliphatic carbocycles. The molecule has 2 N–H and O–H groups in total. The molecule has 2 rings (SSSR count). The molecule has 18 heavy (non-hydrogen) atoms. The van der Waals surface area contributed by atoms with Crippen LogP contribution in [0.5, 0.6) is 0 Å². The average molecular weight is 251 g/mol. The minimum Gasteiger partial charge on any atom is -0.447 e. The van der Waals surface area contributed by atoms with Gasteiger partial charge in [0.1, 0.15) is 6.26 Å². The van der Waals surface area contributed by atoms with E-state index in [0.717, 1.165) is 12.8 Å². The number of hydrogen-bond acceptors (Lipinski definition) is 4. The highest BCUT2D eigenvalue weighted by Gasteiger charge is 2.18. The molecule has 100 valence electrons. The van der Waals surface area contributed by atoms with Crippen molar-refractivity contribution in [1.82, 2.24) is 15.6 Å². The maximum Gasteiger partial charge on any atom is 0.273 e. The second-order valence-electron chi connectivity index (χ2n) is 4.82. The molecule has 1 aliphatic rings. The summed E-state index contributed by atoms with van der Waals surface area (Å²) in [6.07, 6.45) is 8.55. The van der Waals surface area contributed by atoms with Crippen molar-refractivity contribution in [3.63, 3.8) is 0 Å². The zero-order valence-corrected chi connectivity index (χ0v) is 10.9. The Balaban J connectivity index is 1.89. The van der Waals surface area contributed by atoms with Gasteiger partial charge in [-0.15, -0.1) is 0 Å². The van der Waals surface area contributed by atoms with E-state index >= 15 is 0 Å². The molecule has 0 radical (unpaired) electrons. The summed E-state index contributed by atoms with van der Waals surface area (Å²) >= 11 is 0. The molecule has 0 saturated heterocycles. The summed E-state index contributed by atoms with van der Waals surface area (Å²) in [5, 5.41) is 5.99. The number of oxazole rings is 1. The van der Waals surface area contributed by atoms with Crippen molar-refractivity contribution < 1.29 is 9.21 Å². The number of carbonyl (C=O) groups is 1. The predicted molar refractivity (Wildman–Crippen MR) is 68.2 cm³/mol.